The number of pyridine rings is 1. The van der Waals surface area contributed by atoms with Crippen molar-refractivity contribution in [2.24, 2.45) is 4.99 Å². The van der Waals surface area contributed by atoms with Gasteiger partial charge in [0.25, 0.3) is 5.91 Å². The maximum absolute atomic E-state index is 14.1. The monoisotopic (exact) mass is 479 g/mol. The number of aromatic hydroxyl groups is 1. The Morgan fingerprint density at radius 3 is 2.64 bits per heavy atom. The second kappa shape index (κ2) is 12.3. The van der Waals surface area contributed by atoms with Crippen molar-refractivity contribution in [3.8, 4) is 5.75 Å². The summed E-state index contributed by atoms with van der Waals surface area (Å²) in [6.45, 7) is 2.70. The second-order valence-electron chi connectivity index (χ2n) is 7.05. The number of carbonyl (C=O) groups is 1. The van der Waals surface area contributed by atoms with E-state index in [1.54, 1.807) is 14.2 Å². The van der Waals surface area contributed by atoms with Gasteiger partial charge in [0.05, 0.1) is 5.56 Å². The Labute approximate surface area is 195 Å². The molecular weight excluding hydrogens is 452 g/mol. The van der Waals surface area contributed by atoms with Crippen LogP contribution in [0.4, 0.5) is 8.78 Å². The van der Waals surface area contributed by atoms with Gasteiger partial charge in [-0.2, -0.15) is 0 Å². The van der Waals surface area contributed by atoms with E-state index in [4.69, 9.17) is 0 Å². The van der Waals surface area contributed by atoms with E-state index in [0.29, 0.717) is 30.1 Å². The minimum atomic E-state index is -0.699. The Morgan fingerprint density at radius 2 is 2.03 bits per heavy atom. The number of rotatable bonds is 5. The van der Waals surface area contributed by atoms with E-state index in [1.807, 2.05) is 13.0 Å². The third kappa shape index (κ3) is 6.52. The first-order valence-corrected chi connectivity index (χ1v) is 11.0. The lowest BCUT2D eigenvalue weighted by Crippen LogP contribution is -2.38. The van der Waals surface area contributed by atoms with Crippen LogP contribution < -0.4 is 10.7 Å². The van der Waals surface area contributed by atoms with Crippen molar-refractivity contribution in [3.05, 3.63) is 74.1 Å². The summed E-state index contributed by atoms with van der Waals surface area (Å²) in [5.74, 6) is -2.44. The van der Waals surface area contributed by atoms with Crippen molar-refractivity contribution in [1.82, 2.24) is 9.88 Å². The smallest absolute Gasteiger partial charge is 0.271 e. The van der Waals surface area contributed by atoms with Gasteiger partial charge in [0.2, 0.25) is 5.43 Å². The number of halogens is 2. The molecule has 1 aliphatic heterocycles. The molecule has 178 valence electrons. The quantitative estimate of drug-likeness (QED) is 0.506. The van der Waals surface area contributed by atoms with Gasteiger partial charge in [-0.05, 0) is 23.0 Å². The van der Waals surface area contributed by atoms with E-state index < -0.39 is 28.7 Å². The first kappa shape index (κ1) is 26.3. The minimum Gasteiger partial charge on any atom is -0.503 e. The molecule has 0 bridgehead atoms. The zero-order valence-corrected chi connectivity index (χ0v) is 19.8. The number of aromatic nitrogens is 1. The van der Waals surface area contributed by atoms with Crippen molar-refractivity contribution in [1.29, 1.82) is 0 Å². The molecule has 7 nitrogen and oxygen atoms in total. The lowest BCUT2D eigenvalue weighted by molar-refractivity contribution is 0.0922. The number of carbonyl (C=O) groups excluding carboxylic acids is 1. The molecular formula is C23H27F2N3O4S. The van der Waals surface area contributed by atoms with Crippen molar-refractivity contribution < 1.29 is 23.4 Å². The molecule has 10 heteroatoms. The highest BCUT2D eigenvalue weighted by Gasteiger charge is 2.26. The highest BCUT2D eigenvalue weighted by atomic mass is 32.2. The Balaban J connectivity index is 0.00000122. The number of methoxy groups -OCH3 is 1. The molecule has 1 aromatic heterocycles. The van der Waals surface area contributed by atoms with Crippen molar-refractivity contribution in [2.45, 2.75) is 26.3 Å². The molecule has 0 fully saturated rings. The molecule has 0 atom stereocenters. The molecule has 2 heterocycles. The molecule has 2 aromatic rings. The molecule has 0 radical (unpaired) electrons. The molecule has 0 spiro atoms. The van der Waals surface area contributed by atoms with Gasteiger partial charge in [0.1, 0.15) is 16.7 Å². The molecule has 0 saturated carbocycles. The van der Waals surface area contributed by atoms with E-state index in [1.165, 1.54) is 41.7 Å². The Bertz CT molecular complexity index is 1130. The van der Waals surface area contributed by atoms with Gasteiger partial charge >= 0.3 is 0 Å². The van der Waals surface area contributed by atoms with Crippen LogP contribution in [-0.4, -0.2) is 48.4 Å². The third-order valence-electron chi connectivity index (χ3n) is 4.58. The first-order valence-electron chi connectivity index (χ1n) is 10.2. The number of amides is 1. The molecule has 2 N–H and O–H groups in total. The number of fused-ring (bicyclic) bond motifs is 1. The van der Waals surface area contributed by atoms with Crippen LogP contribution in [-0.2, 0) is 17.7 Å². The van der Waals surface area contributed by atoms with Gasteiger partial charge in [0, 0.05) is 53.0 Å². The Hall–Kier alpha value is -2.98. The fourth-order valence-corrected chi connectivity index (χ4v) is 4.24. The van der Waals surface area contributed by atoms with Crippen LogP contribution in [0.1, 0.15) is 35.0 Å². The van der Waals surface area contributed by atoms with Gasteiger partial charge in [-0.25, -0.2) is 8.78 Å². The minimum absolute atomic E-state index is 0.0758. The number of hydrogen-bond donors (Lipinski definition) is 2. The van der Waals surface area contributed by atoms with Crippen molar-refractivity contribution in [3.63, 3.8) is 0 Å². The lowest BCUT2D eigenvalue weighted by Gasteiger charge is -2.21. The average molecular weight is 480 g/mol. The second-order valence-corrected chi connectivity index (χ2v) is 8.16. The molecule has 1 amide bonds. The zero-order chi connectivity index (χ0) is 24.5. The first-order chi connectivity index (χ1) is 15.8. The number of thioether (sulfide) groups is 1. The standard InChI is InChI=1S/C21H21F2N3O3S.C2H6O/c1-3-4-14(9-12-5-6-13(22)10-16(12)23)30-21(24-2)15-11-26-8-7-25-20(29)17(26)19(28)18(15)27;1-3-2/h4-6,10-11,28H,3,7-9H2,1-2H3,(H,25,29);1-2H3/b14-4+,24-21?;. The predicted molar refractivity (Wildman–Crippen MR) is 126 cm³/mol. The van der Waals surface area contributed by atoms with Crippen LogP contribution in [0.3, 0.4) is 0 Å². The Kier molecular flexibility index (Phi) is 9.80. The highest BCUT2D eigenvalue weighted by Crippen LogP contribution is 2.28. The Morgan fingerprint density at radius 1 is 1.33 bits per heavy atom. The summed E-state index contributed by atoms with van der Waals surface area (Å²) in [6.07, 6.45) is 4.25. The zero-order valence-electron chi connectivity index (χ0n) is 18.9. The van der Waals surface area contributed by atoms with E-state index >= 15 is 0 Å². The van der Waals surface area contributed by atoms with Crippen LogP contribution in [0.5, 0.6) is 5.75 Å². The summed E-state index contributed by atoms with van der Waals surface area (Å²) in [5.41, 5.74) is -0.302. The normalized spacial score (nSPS) is 13.7. The number of benzene rings is 1. The van der Waals surface area contributed by atoms with Crippen LogP contribution >= 0.6 is 11.8 Å². The maximum atomic E-state index is 14.1. The fraction of sp³-hybridized carbons (Fsp3) is 0.348. The van der Waals surface area contributed by atoms with E-state index in [0.717, 1.165) is 11.0 Å². The van der Waals surface area contributed by atoms with Crippen LogP contribution in [0.15, 0.2) is 45.2 Å². The van der Waals surface area contributed by atoms with Gasteiger partial charge in [0.15, 0.2) is 11.4 Å². The molecule has 1 aliphatic rings. The number of allylic oxidation sites excluding steroid dienone is 2. The van der Waals surface area contributed by atoms with E-state index in [-0.39, 0.29) is 17.7 Å². The van der Waals surface area contributed by atoms with Crippen molar-refractivity contribution in [2.75, 3.05) is 27.8 Å². The molecule has 0 unspecified atom stereocenters. The largest absolute Gasteiger partial charge is 0.503 e. The number of ether oxygens (including phenoxy) is 1. The van der Waals surface area contributed by atoms with Crippen LogP contribution in [0.25, 0.3) is 0 Å². The summed E-state index contributed by atoms with van der Waals surface area (Å²) in [7, 11) is 4.76. The highest BCUT2D eigenvalue weighted by molar-refractivity contribution is 8.17. The predicted octanol–water partition coefficient (Wildman–Crippen LogP) is 3.48. The average Bonchev–Trinajstić information content (AvgIpc) is 2.77. The van der Waals surface area contributed by atoms with Crippen LogP contribution in [0.2, 0.25) is 0 Å². The summed E-state index contributed by atoms with van der Waals surface area (Å²) in [6, 6.07) is 3.41. The summed E-state index contributed by atoms with van der Waals surface area (Å²) >= 11 is 1.18. The third-order valence-corrected chi connectivity index (χ3v) is 5.75. The maximum Gasteiger partial charge on any atom is 0.271 e. The number of hydrogen-bond acceptors (Lipinski definition) is 6. The number of aliphatic imine (C=N–C) groups is 1. The van der Waals surface area contributed by atoms with Gasteiger partial charge in [-0.15, -0.1) is 0 Å². The molecule has 0 saturated heterocycles. The summed E-state index contributed by atoms with van der Waals surface area (Å²) in [5, 5.41) is 13.2. The summed E-state index contributed by atoms with van der Waals surface area (Å²) < 4.78 is 33.1. The van der Waals surface area contributed by atoms with E-state index in [2.05, 4.69) is 15.0 Å². The summed E-state index contributed by atoms with van der Waals surface area (Å²) in [4.78, 5) is 29.6. The van der Waals surface area contributed by atoms with Gasteiger partial charge < -0.3 is 19.7 Å². The lowest BCUT2D eigenvalue weighted by atomic mass is 10.1. The number of nitrogens with zero attached hydrogens (tertiary/aromatic N) is 2. The number of nitrogens with one attached hydrogen (secondary N) is 1. The fourth-order valence-electron chi connectivity index (χ4n) is 3.17. The molecule has 33 heavy (non-hydrogen) atoms. The van der Waals surface area contributed by atoms with Gasteiger partial charge in [-0.1, -0.05) is 30.8 Å². The SMILES string of the molecule is CC/C=C(\Cc1ccc(F)cc1F)SC(=NC)c1cn2c(c(O)c1=O)C(=O)NCC2.COC. The van der Waals surface area contributed by atoms with Gasteiger partial charge in [-0.3, -0.25) is 14.6 Å². The topological polar surface area (TPSA) is 92.9 Å². The van der Waals surface area contributed by atoms with Crippen LogP contribution in [0, 0.1) is 11.6 Å². The van der Waals surface area contributed by atoms with Crippen molar-refractivity contribution >= 4 is 22.7 Å². The molecule has 0 aliphatic carbocycles. The molecule has 1 aromatic carbocycles. The van der Waals surface area contributed by atoms with E-state index in [9.17, 15) is 23.5 Å². The molecule has 3 rings (SSSR count).